The van der Waals surface area contributed by atoms with Gasteiger partial charge in [0.15, 0.2) is 0 Å². The van der Waals surface area contributed by atoms with Crippen LogP contribution in [-0.2, 0) is 21.4 Å². The molecule has 3 aromatic carbocycles. The minimum atomic E-state index is -3.57. The van der Waals surface area contributed by atoms with Gasteiger partial charge in [-0.05, 0) is 54.3 Å². The number of nitrogens with zero attached hydrogens (tertiary/aromatic N) is 2. The molecule has 5 rings (SSSR count). The van der Waals surface area contributed by atoms with Crippen LogP contribution in [0.5, 0.6) is 0 Å². The van der Waals surface area contributed by atoms with Gasteiger partial charge in [-0.2, -0.15) is 4.31 Å². The van der Waals surface area contributed by atoms with E-state index in [9.17, 15) is 18.0 Å². The Balaban J connectivity index is 1.37. The summed E-state index contributed by atoms with van der Waals surface area (Å²) in [6.07, 6.45) is 3.83. The number of hydrogen-bond acceptors (Lipinski definition) is 4. The molecular weight excluding hydrogens is 474 g/mol. The molecule has 0 aromatic heterocycles. The third-order valence-electron chi connectivity index (χ3n) is 6.85. The van der Waals surface area contributed by atoms with E-state index in [4.69, 9.17) is 0 Å². The monoisotopic (exact) mass is 503 g/mol. The second kappa shape index (κ2) is 10.2. The quantitative estimate of drug-likeness (QED) is 0.533. The Bertz CT molecular complexity index is 1350. The molecule has 0 bridgehead atoms. The highest BCUT2D eigenvalue weighted by atomic mass is 32.2. The van der Waals surface area contributed by atoms with Gasteiger partial charge in [0.25, 0.3) is 11.8 Å². The topological polar surface area (TPSA) is 86.8 Å². The minimum absolute atomic E-state index is 0.187. The fourth-order valence-electron chi connectivity index (χ4n) is 4.95. The summed E-state index contributed by atoms with van der Waals surface area (Å²) >= 11 is 0. The van der Waals surface area contributed by atoms with Gasteiger partial charge in [0.1, 0.15) is 6.04 Å². The molecule has 1 saturated heterocycles. The van der Waals surface area contributed by atoms with Gasteiger partial charge in [-0.15, -0.1) is 0 Å². The second-order valence-electron chi connectivity index (χ2n) is 9.24. The molecule has 36 heavy (non-hydrogen) atoms. The van der Waals surface area contributed by atoms with Crippen LogP contribution in [0.15, 0.2) is 83.8 Å². The number of benzene rings is 3. The van der Waals surface area contributed by atoms with Gasteiger partial charge in [0.2, 0.25) is 10.0 Å². The minimum Gasteiger partial charge on any atom is -0.324 e. The molecule has 2 amide bonds. The van der Waals surface area contributed by atoms with Crippen LogP contribution in [0.25, 0.3) is 0 Å². The predicted molar refractivity (Wildman–Crippen MR) is 138 cm³/mol. The van der Waals surface area contributed by atoms with Crippen molar-refractivity contribution in [3.63, 3.8) is 0 Å². The molecule has 8 heteroatoms. The molecular formula is C28H29N3O4S. The van der Waals surface area contributed by atoms with Crippen molar-refractivity contribution in [3.8, 4) is 0 Å². The summed E-state index contributed by atoms with van der Waals surface area (Å²) < 4.78 is 27.7. The fraction of sp³-hybridized carbons (Fsp3) is 0.286. The molecule has 186 valence electrons. The van der Waals surface area contributed by atoms with Crippen LogP contribution >= 0.6 is 0 Å². The molecule has 2 heterocycles. The third kappa shape index (κ3) is 4.79. The molecule has 1 unspecified atom stereocenters. The van der Waals surface area contributed by atoms with Crippen molar-refractivity contribution in [2.24, 2.45) is 0 Å². The van der Waals surface area contributed by atoms with Crippen LogP contribution in [-0.4, -0.2) is 42.5 Å². The van der Waals surface area contributed by atoms with E-state index in [0.29, 0.717) is 36.4 Å². The summed E-state index contributed by atoms with van der Waals surface area (Å²) in [5, 5.41) is 2.89. The largest absolute Gasteiger partial charge is 0.324 e. The van der Waals surface area contributed by atoms with E-state index >= 15 is 0 Å². The highest BCUT2D eigenvalue weighted by Crippen LogP contribution is 2.32. The number of nitrogens with one attached hydrogen (secondary N) is 1. The molecule has 0 spiro atoms. The van der Waals surface area contributed by atoms with Gasteiger partial charge >= 0.3 is 0 Å². The molecule has 0 radical (unpaired) electrons. The van der Waals surface area contributed by atoms with Crippen LogP contribution in [0, 0.1) is 0 Å². The van der Waals surface area contributed by atoms with Crippen LogP contribution in [0.3, 0.4) is 0 Å². The lowest BCUT2D eigenvalue weighted by atomic mass is 10.0. The first-order valence-corrected chi connectivity index (χ1v) is 13.7. The number of sulfonamides is 1. The first kappa shape index (κ1) is 24.2. The lowest BCUT2D eigenvalue weighted by Gasteiger charge is -2.27. The third-order valence-corrected chi connectivity index (χ3v) is 8.76. The Hall–Kier alpha value is -3.49. The molecule has 2 aliphatic heterocycles. The summed E-state index contributed by atoms with van der Waals surface area (Å²) in [6.45, 7) is 1.41. The number of anilines is 1. The van der Waals surface area contributed by atoms with Crippen LogP contribution in [0.4, 0.5) is 5.69 Å². The van der Waals surface area contributed by atoms with Gasteiger partial charge in [-0.25, -0.2) is 8.42 Å². The summed E-state index contributed by atoms with van der Waals surface area (Å²) in [6, 6.07) is 22.0. The molecule has 7 nitrogen and oxygen atoms in total. The van der Waals surface area contributed by atoms with Crippen molar-refractivity contribution < 1.29 is 18.0 Å². The van der Waals surface area contributed by atoms with Crippen molar-refractivity contribution in [1.29, 1.82) is 0 Å². The first-order valence-electron chi connectivity index (χ1n) is 12.3. The summed E-state index contributed by atoms with van der Waals surface area (Å²) in [5.41, 5.74) is 2.67. The van der Waals surface area contributed by atoms with Gasteiger partial charge in [-0.3, -0.25) is 9.59 Å². The van der Waals surface area contributed by atoms with E-state index in [2.05, 4.69) is 5.32 Å². The Morgan fingerprint density at radius 3 is 2.11 bits per heavy atom. The Morgan fingerprint density at radius 2 is 1.44 bits per heavy atom. The van der Waals surface area contributed by atoms with Gasteiger partial charge < -0.3 is 10.2 Å². The number of amides is 2. The Labute approximate surface area is 211 Å². The number of carbonyl (C=O) groups excluding carboxylic acids is 2. The molecule has 1 atom stereocenters. The molecule has 2 aliphatic rings. The van der Waals surface area contributed by atoms with E-state index < -0.39 is 16.1 Å². The molecule has 3 aromatic rings. The molecule has 1 fully saturated rings. The van der Waals surface area contributed by atoms with Crippen LogP contribution in [0.2, 0.25) is 0 Å². The summed E-state index contributed by atoms with van der Waals surface area (Å²) in [7, 11) is -3.57. The first-order chi connectivity index (χ1) is 17.4. The van der Waals surface area contributed by atoms with Crippen LogP contribution < -0.4 is 5.32 Å². The average Bonchev–Trinajstić information content (AvgIpc) is 3.05. The van der Waals surface area contributed by atoms with Crippen molar-refractivity contribution in [2.45, 2.75) is 43.2 Å². The van der Waals surface area contributed by atoms with E-state index in [1.165, 1.54) is 12.1 Å². The zero-order chi connectivity index (χ0) is 25.1. The smallest absolute Gasteiger partial charge is 0.255 e. The SMILES string of the molecule is O=C(Nc1ccc(S(=O)(=O)N2CCCCCC2)cc1)C(c1ccccc1)N1Cc2ccccc2C1=O. The maximum Gasteiger partial charge on any atom is 0.255 e. The van der Waals surface area contributed by atoms with E-state index in [1.54, 1.807) is 27.4 Å². The highest BCUT2D eigenvalue weighted by molar-refractivity contribution is 7.89. The predicted octanol–water partition coefficient (Wildman–Crippen LogP) is 4.59. The zero-order valence-corrected chi connectivity index (χ0v) is 20.8. The molecule has 0 saturated carbocycles. The maximum absolute atomic E-state index is 13.5. The van der Waals surface area contributed by atoms with Gasteiger partial charge in [0.05, 0.1) is 4.90 Å². The van der Waals surface area contributed by atoms with E-state index in [0.717, 1.165) is 31.2 Å². The Kier molecular flexibility index (Phi) is 6.89. The maximum atomic E-state index is 13.5. The highest BCUT2D eigenvalue weighted by Gasteiger charge is 2.37. The fourth-order valence-corrected chi connectivity index (χ4v) is 6.46. The molecule has 1 N–H and O–H groups in total. The van der Waals surface area contributed by atoms with Crippen molar-refractivity contribution in [1.82, 2.24) is 9.21 Å². The second-order valence-corrected chi connectivity index (χ2v) is 11.2. The lowest BCUT2D eigenvalue weighted by Crippen LogP contribution is -2.37. The molecule has 0 aliphatic carbocycles. The van der Waals surface area contributed by atoms with E-state index in [-0.39, 0.29) is 16.7 Å². The summed E-state index contributed by atoms with van der Waals surface area (Å²) in [4.78, 5) is 28.5. The Morgan fingerprint density at radius 1 is 0.806 bits per heavy atom. The standard InChI is InChI=1S/C28H29N3O4S/c32-27(29-23-14-16-24(17-15-23)36(34,35)30-18-8-1-2-9-19-30)26(21-10-4-3-5-11-21)31-20-22-12-6-7-13-25(22)28(31)33/h3-7,10-17,26H,1-2,8-9,18-20H2,(H,29,32). The van der Waals surface area contributed by atoms with Gasteiger partial charge in [0, 0.05) is 30.9 Å². The number of hydrogen-bond donors (Lipinski definition) is 1. The lowest BCUT2D eigenvalue weighted by molar-refractivity contribution is -0.120. The van der Waals surface area contributed by atoms with Crippen molar-refractivity contribution in [3.05, 3.63) is 95.6 Å². The number of rotatable bonds is 6. The van der Waals surface area contributed by atoms with Crippen molar-refractivity contribution >= 4 is 27.5 Å². The normalized spacial score (nSPS) is 17.3. The van der Waals surface area contributed by atoms with E-state index in [1.807, 2.05) is 48.5 Å². The van der Waals surface area contributed by atoms with Crippen molar-refractivity contribution in [2.75, 3.05) is 18.4 Å². The van der Waals surface area contributed by atoms with Crippen LogP contribution in [0.1, 0.15) is 53.2 Å². The van der Waals surface area contributed by atoms with Gasteiger partial charge in [-0.1, -0.05) is 61.4 Å². The number of fused-ring (bicyclic) bond motifs is 1. The summed E-state index contributed by atoms with van der Waals surface area (Å²) in [5.74, 6) is -0.543. The average molecular weight is 504 g/mol. The number of carbonyl (C=O) groups is 2. The zero-order valence-electron chi connectivity index (χ0n) is 20.0.